The molecule has 0 atom stereocenters. The first kappa shape index (κ1) is 18.0. The van der Waals surface area contributed by atoms with Crippen molar-refractivity contribution in [2.24, 2.45) is 5.92 Å². The molecule has 1 aliphatic heterocycles. The van der Waals surface area contributed by atoms with Crippen molar-refractivity contribution >= 4 is 17.8 Å². The lowest BCUT2D eigenvalue weighted by Crippen LogP contribution is -2.44. The lowest BCUT2D eigenvalue weighted by atomic mass is 9.96. The Bertz CT molecular complexity index is 589. The van der Waals surface area contributed by atoms with Gasteiger partial charge in [-0.15, -0.1) is 0 Å². The van der Waals surface area contributed by atoms with E-state index in [4.69, 9.17) is 14.3 Å². The standard InChI is InChI=1S/C16H22N2O6/c1-2-23-10-14(19)18-7-5-11(6-8-18)15(20)17-9-12-3-4-13(24-12)16(21)22/h3-4,11H,2,5-10H2,1H3,(H,17,20)(H,21,22). The number of likely N-dealkylation sites (tertiary alicyclic amines) is 1. The third kappa shape index (κ3) is 4.82. The molecule has 24 heavy (non-hydrogen) atoms. The number of carbonyl (C=O) groups excluding carboxylic acids is 2. The van der Waals surface area contributed by atoms with E-state index >= 15 is 0 Å². The highest BCUT2D eigenvalue weighted by atomic mass is 16.5. The Kier molecular flexibility index (Phi) is 6.36. The van der Waals surface area contributed by atoms with E-state index in [2.05, 4.69) is 5.32 Å². The maximum absolute atomic E-state index is 12.2. The van der Waals surface area contributed by atoms with Gasteiger partial charge in [0.25, 0.3) is 0 Å². The summed E-state index contributed by atoms with van der Waals surface area (Å²) in [5.74, 6) is -1.22. The lowest BCUT2D eigenvalue weighted by molar-refractivity contribution is -0.139. The molecule has 0 spiro atoms. The summed E-state index contributed by atoms with van der Waals surface area (Å²) >= 11 is 0. The minimum Gasteiger partial charge on any atom is -0.475 e. The number of rotatable bonds is 7. The van der Waals surface area contributed by atoms with Gasteiger partial charge in [-0.05, 0) is 31.9 Å². The number of hydrogen-bond donors (Lipinski definition) is 2. The molecule has 0 radical (unpaired) electrons. The van der Waals surface area contributed by atoms with E-state index in [9.17, 15) is 14.4 Å². The zero-order chi connectivity index (χ0) is 17.5. The molecule has 1 fully saturated rings. The number of hydrogen-bond acceptors (Lipinski definition) is 5. The minimum atomic E-state index is -1.14. The van der Waals surface area contributed by atoms with Crippen LogP contribution >= 0.6 is 0 Å². The number of amides is 2. The predicted octanol–water partition coefficient (Wildman–Crippen LogP) is 0.869. The predicted molar refractivity (Wildman–Crippen MR) is 83.3 cm³/mol. The van der Waals surface area contributed by atoms with Crippen LogP contribution in [0.3, 0.4) is 0 Å². The highest BCUT2D eigenvalue weighted by Crippen LogP contribution is 2.18. The van der Waals surface area contributed by atoms with Crippen LogP contribution in [0.2, 0.25) is 0 Å². The van der Waals surface area contributed by atoms with Crippen molar-refractivity contribution in [3.8, 4) is 0 Å². The van der Waals surface area contributed by atoms with Gasteiger partial charge in [0, 0.05) is 25.6 Å². The van der Waals surface area contributed by atoms with E-state index in [0.29, 0.717) is 38.3 Å². The van der Waals surface area contributed by atoms with Gasteiger partial charge in [0.2, 0.25) is 17.6 Å². The molecule has 1 saturated heterocycles. The van der Waals surface area contributed by atoms with Gasteiger partial charge in [0.1, 0.15) is 12.4 Å². The number of piperidine rings is 1. The number of carboxylic acids is 1. The molecule has 8 nitrogen and oxygen atoms in total. The first-order valence-electron chi connectivity index (χ1n) is 7.96. The normalized spacial score (nSPS) is 15.3. The maximum atomic E-state index is 12.2. The topological polar surface area (TPSA) is 109 Å². The molecule has 0 aromatic carbocycles. The van der Waals surface area contributed by atoms with E-state index in [-0.39, 0.29) is 36.6 Å². The van der Waals surface area contributed by atoms with E-state index in [0.717, 1.165) is 0 Å². The molecule has 132 valence electrons. The molecule has 1 aromatic heterocycles. The van der Waals surface area contributed by atoms with Crippen molar-refractivity contribution in [3.05, 3.63) is 23.7 Å². The van der Waals surface area contributed by atoms with Crippen LogP contribution in [0.25, 0.3) is 0 Å². The molecule has 1 aliphatic rings. The number of aromatic carboxylic acids is 1. The average Bonchev–Trinajstić information content (AvgIpc) is 3.07. The zero-order valence-corrected chi connectivity index (χ0v) is 13.6. The molecular weight excluding hydrogens is 316 g/mol. The molecule has 0 saturated carbocycles. The Hall–Kier alpha value is -2.35. The van der Waals surface area contributed by atoms with Gasteiger partial charge in [-0.1, -0.05) is 0 Å². The summed E-state index contributed by atoms with van der Waals surface area (Å²) in [6.45, 7) is 3.64. The van der Waals surface area contributed by atoms with Gasteiger partial charge < -0.3 is 24.5 Å². The van der Waals surface area contributed by atoms with E-state index < -0.39 is 5.97 Å². The quantitative estimate of drug-likeness (QED) is 0.763. The van der Waals surface area contributed by atoms with Gasteiger partial charge in [-0.25, -0.2) is 4.79 Å². The van der Waals surface area contributed by atoms with Crippen molar-refractivity contribution in [1.29, 1.82) is 0 Å². The molecule has 0 bridgehead atoms. The zero-order valence-electron chi connectivity index (χ0n) is 13.6. The van der Waals surface area contributed by atoms with E-state index in [1.807, 2.05) is 6.92 Å². The molecule has 0 aliphatic carbocycles. The molecule has 1 aromatic rings. The number of carboxylic acid groups (broad SMARTS) is 1. The maximum Gasteiger partial charge on any atom is 0.371 e. The van der Waals surface area contributed by atoms with Crippen LogP contribution in [0.15, 0.2) is 16.5 Å². The van der Waals surface area contributed by atoms with Crippen LogP contribution in [0.5, 0.6) is 0 Å². The minimum absolute atomic E-state index is 0.0486. The summed E-state index contributed by atoms with van der Waals surface area (Å²) < 4.78 is 10.2. The van der Waals surface area contributed by atoms with Crippen LogP contribution in [0.1, 0.15) is 36.1 Å². The molecule has 8 heteroatoms. The second-order valence-electron chi connectivity index (χ2n) is 5.58. The van der Waals surface area contributed by atoms with Crippen molar-refractivity contribution in [2.75, 3.05) is 26.3 Å². The Morgan fingerprint density at radius 3 is 2.62 bits per heavy atom. The summed E-state index contributed by atoms with van der Waals surface area (Å²) in [7, 11) is 0. The molecule has 2 heterocycles. The van der Waals surface area contributed by atoms with Crippen molar-refractivity contribution < 1.29 is 28.6 Å². The Balaban J connectivity index is 1.74. The monoisotopic (exact) mass is 338 g/mol. The van der Waals surface area contributed by atoms with Crippen LogP contribution < -0.4 is 5.32 Å². The third-order valence-electron chi connectivity index (χ3n) is 3.96. The third-order valence-corrected chi connectivity index (χ3v) is 3.96. The summed E-state index contributed by atoms with van der Waals surface area (Å²) in [4.78, 5) is 36.4. The second kappa shape index (κ2) is 8.49. The van der Waals surface area contributed by atoms with Gasteiger partial charge in [0.15, 0.2) is 0 Å². The Labute approximate surface area is 139 Å². The SMILES string of the molecule is CCOCC(=O)N1CCC(C(=O)NCc2ccc(C(=O)O)o2)CC1. The van der Waals surface area contributed by atoms with Gasteiger partial charge >= 0.3 is 5.97 Å². The number of furan rings is 1. The molecule has 2 N–H and O–H groups in total. The van der Waals surface area contributed by atoms with Crippen LogP contribution in [-0.2, 0) is 20.9 Å². The number of nitrogens with one attached hydrogen (secondary N) is 1. The first-order chi connectivity index (χ1) is 11.5. The van der Waals surface area contributed by atoms with Crippen LogP contribution in [0, 0.1) is 5.92 Å². The summed E-state index contributed by atoms with van der Waals surface area (Å²) in [6, 6.07) is 2.88. The Morgan fingerprint density at radius 2 is 2.04 bits per heavy atom. The average molecular weight is 338 g/mol. The highest BCUT2D eigenvalue weighted by molar-refractivity contribution is 5.84. The smallest absolute Gasteiger partial charge is 0.371 e. The number of nitrogens with zero attached hydrogens (tertiary/aromatic N) is 1. The van der Waals surface area contributed by atoms with Crippen molar-refractivity contribution in [2.45, 2.75) is 26.3 Å². The summed E-state index contributed by atoms with van der Waals surface area (Å²) in [6.07, 6.45) is 1.20. The van der Waals surface area contributed by atoms with Crippen molar-refractivity contribution in [3.63, 3.8) is 0 Å². The molecule has 2 rings (SSSR count). The van der Waals surface area contributed by atoms with E-state index in [1.54, 1.807) is 4.90 Å². The van der Waals surface area contributed by atoms with Gasteiger partial charge in [-0.3, -0.25) is 9.59 Å². The Morgan fingerprint density at radius 1 is 1.33 bits per heavy atom. The van der Waals surface area contributed by atoms with Gasteiger partial charge in [0.05, 0.1) is 6.54 Å². The lowest BCUT2D eigenvalue weighted by Gasteiger charge is -2.31. The van der Waals surface area contributed by atoms with Crippen LogP contribution in [0.4, 0.5) is 0 Å². The fourth-order valence-corrected chi connectivity index (χ4v) is 2.58. The second-order valence-corrected chi connectivity index (χ2v) is 5.58. The number of carbonyl (C=O) groups is 3. The van der Waals surface area contributed by atoms with Crippen LogP contribution in [-0.4, -0.2) is 54.1 Å². The van der Waals surface area contributed by atoms with Crippen molar-refractivity contribution in [1.82, 2.24) is 10.2 Å². The number of ether oxygens (including phenoxy) is 1. The molecule has 0 unspecified atom stereocenters. The fourth-order valence-electron chi connectivity index (χ4n) is 2.58. The first-order valence-corrected chi connectivity index (χ1v) is 7.96. The van der Waals surface area contributed by atoms with Gasteiger partial charge in [-0.2, -0.15) is 0 Å². The largest absolute Gasteiger partial charge is 0.475 e. The highest BCUT2D eigenvalue weighted by Gasteiger charge is 2.27. The summed E-state index contributed by atoms with van der Waals surface area (Å²) in [5, 5.41) is 11.5. The summed E-state index contributed by atoms with van der Waals surface area (Å²) in [5.41, 5.74) is 0. The van der Waals surface area contributed by atoms with E-state index in [1.165, 1.54) is 12.1 Å². The molecular formula is C16H22N2O6. The fraction of sp³-hybridized carbons (Fsp3) is 0.562. The molecule has 2 amide bonds.